The Morgan fingerprint density at radius 1 is 1.20 bits per heavy atom. The molecule has 0 aliphatic rings. The molecule has 0 aliphatic carbocycles. The normalized spacial score (nSPS) is 10.7. The molecular formula is C24H27N5O6. The molecule has 35 heavy (non-hydrogen) atoms. The average Bonchev–Trinajstić information content (AvgIpc) is 2.82. The predicted octanol–water partition coefficient (Wildman–Crippen LogP) is 2.99. The highest BCUT2D eigenvalue weighted by molar-refractivity contribution is 6.09. The van der Waals surface area contributed by atoms with E-state index in [4.69, 9.17) is 10.5 Å². The largest absolute Gasteiger partial charge is 0.496 e. The summed E-state index contributed by atoms with van der Waals surface area (Å²) in [6.45, 7) is 3.49. The lowest BCUT2D eigenvalue weighted by Gasteiger charge is -2.25. The van der Waals surface area contributed by atoms with Gasteiger partial charge in [-0.3, -0.25) is 34.2 Å². The molecule has 0 aliphatic heterocycles. The molecule has 11 heteroatoms. The van der Waals surface area contributed by atoms with E-state index in [-0.39, 0.29) is 41.4 Å². The fourth-order valence-corrected chi connectivity index (χ4v) is 3.85. The first-order valence-electron chi connectivity index (χ1n) is 11.0. The van der Waals surface area contributed by atoms with Gasteiger partial charge in [-0.25, -0.2) is 4.79 Å². The van der Waals surface area contributed by atoms with Crippen LogP contribution in [-0.2, 0) is 13.1 Å². The molecule has 1 heterocycles. The molecule has 0 radical (unpaired) electrons. The number of aromatic amines is 1. The average molecular weight is 482 g/mol. The molecule has 0 saturated heterocycles. The number of amides is 1. The van der Waals surface area contributed by atoms with Crippen molar-refractivity contribution >= 4 is 23.1 Å². The number of hydrogen-bond donors (Lipinski definition) is 2. The summed E-state index contributed by atoms with van der Waals surface area (Å²) in [5, 5.41) is 11.8. The number of H-pyrrole nitrogens is 1. The molecule has 3 aromatic rings. The number of para-hydroxylation sites is 2. The molecule has 0 unspecified atom stereocenters. The minimum atomic E-state index is -0.876. The van der Waals surface area contributed by atoms with Gasteiger partial charge in [0.25, 0.3) is 17.2 Å². The quantitative estimate of drug-likeness (QED) is 0.352. The summed E-state index contributed by atoms with van der Waals surface area (Å²) in [4.78, 5) is 53.7. The number of nitrogens with two attached hydrogens (primary N) is 1. The molecule has 11 nitrogen and oxygen atoms in total. The molecule has 2 aromatic carbocycles. The number of nitrogen functional groups attached to an aromatic ring is 1. The third-order valence-electron chi connectivity index (χ3n) is 5.64. The number of carbonyl (C=O) groups excluding carboxylic acids is 1. The molecule has 0 bridgehead atoms. The monoisotopic (exact) mass is 481 g/mol. The maximum atomic E-state index is 13.8. The van der Waals surface area contributed by atoms with Crippen LogP contribution in [0.25, 0.3) is 0 Å². The van der Waals surface area contributed by atoms with Crippen LogP contribution in [0.1, 0.15) is 41.3 Å². The first kappa shape index (κ1) is 25.2. The molecular weight excluding hydrogens is 454 g/mol. The van der Waals surface area contributed by atoms with Crippen molar-refractivity contribution in [3.8, 4) is 5.75 Å². The van der Waals surface area contributed by atoms with E-state index in [9.17, 15) is 24.5 Å². The number of aryl methyl sites for hydroxylation is 1. The topological polar surface area (TPSA) is 154 Å². The Morgan fingerprint density at radius 3 is 2.57 bits per heavy atom. The summed E-state index contributed by atoms with van der Waals surface area (Å²) < 4.78 is 6.57. The third kappa shape index (κ3) is 5.08. The third-order valence-corrected chi connectivity index (χ3v) is 5.64. The number of unbranched alkanes of at least 4 members (excludes halogenated alkanes) is 1. The van der Waals surface area contributed by atoms with Crippen LogP contribution in [0.3, 0.4) is 0 Å². The molecule has 0 fully saturated rings. The number of rotatable bonds is 9. The van der Waals surface area contributed by atoms with E-state index in [1.54, 1.807) is 24.3 Å². The first-order valence-corrected chi connectivity index (χ1v) is 11.0. The van der Waals surface area contributed by atoms with Gasteiger partial charge in [-0.1, -0.05) is 43.7 Å². The van der Waals surface area contributed by atoms with Crippen LogP contribution in [0.5, 0.6) is 5.75 Å². The zero-order valence-corrected chi connectivity index (χ0v) is 19.7. The van der Waals surface area contributed by atoms with Gasteiger partial charge in [0.1, 0.15) is 17.1 Å². The Morgan fingerprint density at radius 2 is 1.91 bits per heavy atom. The summed E-state index contributed by atoms with van der Waals surface area (Å²) in [7, 11) is 1.46. The number of nitrogens with zero attached hydrogens (tertiary/aromatic N) is 3. The Kier molecular flexibility index (Phi) is 7.69. The molecule has 0 saturated carbocycles. The molecule has 0 atom stereocenters. The molecule has 184 valence electrons. The van der Waals surface area contributed by atoms with Crippen molar-refractivity contribution in [3.05, 3.63) is 90.1 Å². The van der Waals surface area contributed by atoms with Crippen molar-refractivity contribution in [2.45, 2.75) is 39.8 Å². The van der Waals surface area contributed by atoms with Gasteiger partial charge in [-0.2, -0.15) is 0 Å². The van der Waals surface area contributed by atoms with E-state index in [2.05, 4.69) is 4.98 Å². The predicted molar refractivity (Wildman–Crippen MR) is 132 cm³/mol. The van der Waals surface area contributed by atoms with Crippen LogP contribution >= 0.6 is 0 Å². The maximum Gasteiger partial charge on any atom is 0.330 e. The molecule has 1 aromatic heterocycles. The zero-order valence-electron chi connectivity index (χ0n) is 19.7. The summed E-state index contributed by atoms with van der Waals surface area (Å²) in [6.07, 6.45) is 1.37. The number of nitro groups is 1. The number of aromatic nitrogens is 2. The Bertz CT molecular complexity index is 1380. The second-order valence-corrected chi connectivity index (χ2v) is 7.93. The highest BCUT2D eigenvalue weighted by Crippen LogP contribution is 2.30. The number of ether oxygens (including phenoxy) is 1. The summed E-state index contributed by atoms with van der Waals surface area (Å²) >= 11 is 0. The van der Waals surface area contributed by atoms with Gasteiger partial charge in [-0.15, -0.1) is 0 Å². The van der Waals surface area contributed by atoms with Crippen molar-refractivity contribution in [1.29, 1.82) is 0 Å². The van der Waals surface area contributed by atoms with Crippen LogP contribution in [0, 0.1) is 17.0 Å². The smallest absolute Gasteiger partial charge is 0.330 e. The number of hydrogen-bond acceptors (Lipinski definition) is 7. The number of nitro benzene ring substituents is 1. The standard InChI is InChI=1S/C24H27N5O6/c1-4-5-13-27-21(25)20(22(30)26-24(27)32)28(14-16-10-6-7-12-18(16)35-3)23(31)17-11-8-9-15(2)19(17)29(33)34/h6-12H,4-5,13-14,25H2,1-3H3,(H,26,30,32). The minimum absolute atomic E-state index is 0.187. The lowest BCUT2D eigenvalue weighted by atomic mass is 10.1. The number of anilines is 2. The Hall–Kier alpha value is -4.41. The van der Waals surface area contributed by atoms with E-state index in [0.717, 1.165) is 11.3 Å². The summed E-state index contributed by atoms with van der Waals surface area (Å²) in [5.74, 6) is -0.576. The van der Waals surface area contributed by atoms with E-state index >= 15 is 0 Å². The van der Waals surface area contributed by atoms with Gasteiger partial charge in [-0.05, 0) is 25.5 Å². The SMILES string of the molecule is CCCCn1c(N)c(N(Cc2ccccc2OC)C(=O)c2cccc(C)c2[N+](=O)[O-])c(=O)[nH]c1=O. The molecule has 1 amide bonds. The van der Waals surface area contributed by atoms with Crippen molar-refractivity contribution in [1.82, 2.24) is 9.55 Å². The number of methoxy groups -OCH3 is 1. The minimum Gasteiger partial charge on any atom is -0.496 e. The second kappa shape index (κ2) is 10.7. The lowest BCUT2D eigenvalue weighted by Crippen LogP contribution is -2.41. The summed E-state index contributed by atoms with van der Waals surface area (Å²) in [6, 6.07) is 11.2. The van der Waals surface area contributed by atoms with E-state index < -0.39 is 22.1 Å². The van der Waals surface area contributed by atoms with Crippen molar-refractivity contribution < 1.29 is 14.5 Å². The Labute approximate surface area is 200 Å². The summed E-state index contributed by atoms with van der Waals surface area (Å²) in [5.41, 5.74) is 4.66. The van der Waals surface area contributed by atoms with Crippen molar-refractivity contribution in [3.63, 3.8) is 0 Å². The van der Waals surface area contributed by atoms with Crippen molar-refractivity contribution in [2.24, 2.45) is 0 Å². The lowest BCUT2D eigenvalue weighted by molar-refractivity contribution is -0.385. The fourth-order valence-electron chi connectivity index (χ4n) is 3.85. The molecule has 0 spiro atoms. The van der Waals surface area contributed by atoms with Gasteiger partial charge in [0, 0.05) is 17.7 Å². The number of nitrogens with one attached hydrogen (secondary N) is 1. The first-order chi connectivity index (χ1) is 16.7. The highest BCUT2D eigenvalue weighted by Gasteiger charge is 2.31. The molecule has 3 N–H and O–H groups in total. The maximum absolute atomic E-state index is 13.8. The number of benzene rings is 2. The van der Waals surface area contributed by atoms with E-state index in [0.29, 0.717) is 17.7 Å². The Balaban J connectivity index is 2.28. The van der Waals surface area contributed by atoms with Crippen LogP contribution < -0.4 is 26.6 Å². The zero-order chi connectivity index (χ0) is 25.7. The van der Waals surface area contributed by atoms with Gasteiger partial charge >= 0.3 is 5.69 Å². The van der Waals surface area contributed by atoms with Crippen LogP contribution in [0.15, 0.2) is 52.1 Å². The van der Waals surface area contributed by atoms with E-state index in [1.165, 1.54) is 36.8 Å². The van der Waals surface area contributed by atoms with Gasteiger partial charge in [0.2, 0.25) is 0 Å². The second-order valence-electron chi connectivity index (χ2n) is 7.93. The van der Waals surface area contributed by atoms with Crippen LogP contribution in [0.2, 0.25) is 0 Å². The van der Waals surface area contributed by atoms with Gasteiger partial charge in [0.15, 0.2) is 5.69 Å². The van der Waals surface area contributed by atoms with Crippen LogP contribution in [0.4, 0.5) is 17.2 Å². The highest BCUT2D eigenvalue weighted by atomic mass is 16.6. The molecule has 3 rings (SSSR count). The fraction of sp³-hybridized carbons (Fsp3) is 0.292. The van der Waals surface area contributed by atoms with Gasteiger partial charge in [0.05, 0.1) is 18.6 Å². The number of carbonyl (C=O) groups is 1. The van der Waals surface area contributed by atoms with Crippen molar-refractivity contribution in [2.75, 3.05) is 17.7 Å². The van der Waals surface area contributed by atoms with E-state index in [1.807, 2.05) is 6.92 Å². The van der Waals surface area contributed by atoms with Gasteiger partial charge < -0.3 is 10.5 Å². The van der Waals surface area contributed by atoms with Crippen LogP contribution in [-0.4, -0.2) is 27.5 Å².